The zero-order chi connectivity index (χ0) is 21.0. The van der Waals surface area contributed by atoms with Crippen molar-refractivity contribution in [3.63, 3.8) is 0 Å². The highest BCUT2D eigenvalue weighted by Gasteiger charge is 2.32. The Balaban J connectivity index is 1.52. The molecular formula is C22H29N3O4. The van der Waals surface area contributed by atoms with Crippen LogP contribution in [0.3, 0.4) is 0 Å². The van der Waals surface area contributed by atoms with Crippen molar-refractivity contribution >= 4 is 11.7 Å². The molecule has 0 spiro atoms. The lowest BCUT2D eigenvalue weighted by Crippen LogP contribution is -2.52. The molecule has 156 valence electrons. The molecule has 29 heavy (non-hydrogen) atoms. The second kappa shape index (κ2) is 8.83. The van der Waals surface area contributed by atoms with Gasteiger partial charge in [0.2, 0.25) is 5.91 Å². The van der Waals surface area contributed by atoms with E-state index in [2.05, 4.69) is 11.4 Å². The Kier molecular flexibility index (Phi) is 6.43. The summed E-state index contributed by atoms with van der Waals surface area (Å²) in [5.41, 5.74) is -0.226. The maximum atomic E-state index is 12.9. The summed E-state index contributed by atoms with van der Waals surface area (Å²) in [6.07, 6.45) is 1.42. The average molecular weight is 399 g/mol. The van der Waals surface area contributed by atoms with Gasteiger partial charge < -0.3 is 14.8 Å². The van der Waals surface area contributed by atoms with Gasteiger partial charge in [0.15, 0.2) is 17.3 Å². The van der Waals surface area contributed by atoms with Crippen LogP contribution in [0.4, 0.5) is 0 Å². The molecule has 1 amide bonds. The second-order valence-corrected chi connectivity index (χ2v) is 8.29. The largest absolute Gasteiger partial charge is 0.486 e. The zero-order valence-corrected chi connectivity index (χ0v) is 17.4. The first kappa shape index (κ1) is 21.1. The molecule has 1 fully saturated rings. The van der Waals surface area contributed by atoms with Gasteiger partial charge in [0.25, 0.3) is 0 Å². The summed E-state index contributed by atoms with van der Waals surface area (Å²) >= 11 is 0. The number of piperidine rings is 1. The number of amides is 1. The number of nitrogens with one attached hydrogen (secondary N) is 1. The van der Waals surface area contributed by atoms with Gasteiger partial charge in [-0.25, -0.2) is 0 Å². The van der Waals surface area contributed by atoms with E-state index in [4.69, 9.17) is 9.47 Å². The molecule has 1 N–H and O–H groups in total. The van der Waals surface area contributed by atoms with Crippen LogP contribution in [-0.2, 0) is 4.79 Å². The molecule has 1 aromatic carbocycles. The fourth-order valence-corrected chi connectivity index (χ4v) is 3.62. The van der Waals surface area contributed by atoms with E-state index in [0.29, 0.717) is 56.2 Å². The molecule has 7 heteroatoms. The van der Waals surface area contributed by atoms with Crippen LogP contribution < -0.4 is 14.8 Å². The number of hydrogen-bond acceptors (Lipinski definition) is 6. The van der Waals surface area contributed by atoms with Gasteiger partial charge >= 0.3 is 0 Å². The normalized spacial score (nSPS) is 19.3. The monoisotopic (exact) mass is 399 g/mol. The minimum absolute atomic E-state index is 0.0193. The summed E-state index contributed by atoms with van der Waals surface area (Å²) in [5, 5.41) is 12.2. The van der Waals surface area contributed by atoms with E-state index in [1.54, 1.807) is 25.1 Å². The number of rotatable bonds is 6. The van der Waals surface area contributed by atoms with Gasteiger partial charge in [-0.05, 0) is 57.0 Å². The van der Waals surface area contributed by atoms with Crippen LogP contribution in [0.1, 0.15) is 44.0 Å². The van der Waals surface area contributed by atoms with Gasteiger partial charge in [0, 0.05) is 11.5 Å². The summed E-state index contributed by atoms with van der Waals surface area (Å²) in [6, 6.07) is 7.55. The Morgan fingerprint density at radius 1 is 1.24 bits per heavy atom. The maximum Gasteiger partial charge on any atom is 0.235 e. The molecule has 3 rings (SSSR count). The molecule has 1 unspecified atom stereocenters. The number of nitrogens with zero attached hydrogens (tertiary/aromatic N) is 2. The first-order chi connectivity index (χ1) is 13.8. The van der Waals surface area contributed by atoms with E-state index in [1.807, 2.05) is 18.7 Å². The molecular weight excluding hydrogens is 370 g/mol. The summed E-state index contributed by atoms with van der Waals surface area (Å²) in [7, 11) is 0. The minimum Gasteiger partial charge on any atom is -0.486 e. The fourth-order valence-electron chi connectivity index (χ4n) is 3.62. The third-order valence-electron chi connectivity index (χ3n) is 5.94. The predicted molar refractivity (Wildman–Crippen MR) is 108 cm³/mol. The van der Waals surface area contributed by atoms with Crippen LogP contribution in [0.2, 0.25) is 0 Å². The third-order valence-corrected chi connectivity index (χ3v) is 5.94. The average Bonchev–Trinajstić information content (AvgIpc) is 2.73. The molecule has 0 saturated carbocycles. The lowest BCUT2D eigenvalue weighted by molar-refractivity contribution is -0.124. The van der Waals surface area contributed by atoms with Gasteiger partial charge in [0.05, 0.1) is 12.6 Å². The highest BCUT2D eigenvalue weighted by atomic mass is 16.6. The third kappa shape index (κ3) is 4.88. The number of fused-ring (bicyclic) bond motifs is 1. The zero-order valence-electron chi connectivity index (χ0n) is 17.4. The number of ketones is 1. The number of carbonyl (C=O) groups is 2. The smallest absolute Gasteiger partial charge is 0.235 e. The number of Topliss-reactive ketones (excluding diaryl/α,β-unsaturated/α-hetero) is 1. The van der Waals surface area contributed by atoms with Crippen molar-refractivity contribution in [1.29, 1.82) is 5.26 Å². The number of ether oxygens (including phenoxy) is 2. The second-order valence-electron chi connectivity index (χ2n) is 8.29. The molecule has 1 atom stereocenters. The van der Waals surface area contributed by atoms with Crippen LogP contribution in [0, 0.1) is 23.2 Å². The molecule has 0 radical (unpaired) electrons. The molecule has 2 aliphatic rings. The number of carbonyl (C=O) groups excluding carboxylic acids is 2. The van der Waals surface area contributed by atoms with E-state index in [-0.39, 0.29) is 30.1 Å². The Morgan fingerprint density at radius 3 is 2.52 bits per heavy atom. The van der Waals surface area contributed by atoms with Gasteiger partial charge in [-0.3, -0.25) is 14.5 Å². The quantitative estimate of drug-likeness (QED) is 0.739. The Morgan fingerprint density at radius 2 is 1.90 bits per heavy atom. The highest BCUT2D eigenvalue weighted by Crippen LogP contribution is 2.32. The van der Waals surface area contributed by atoms with Gasteiger partial charge in [0.1, 0.15) is 18.8 Å². The van der Waals surface area contributed by atoms with Gasteiger partial charge in [-0.1, -0.05) is 13.8 Å². The van der Waals surface area contributed by atoms with Crippen LogP contribution in [-0.4, -0.2) is 55.0 Å². The van der Waals surface area contributed by atoms with Crippen molar-refractivity contribution in [2.75, 3.05) is 32.8 Å². The van der Waals surface area contributed by atoms with Gasteiger partial charge in [-0.2, -0.15) is 5.26 Å². The summed E-state index contributed by atoms with van der Waals surface area (Å²) in [5.74, 6) is 1.23. The summed E-state index contributed by atoms with van der Waals surface area (Å²) in [4.78, 5) is 27.3. The lowest BCUT2D eigenvalue weighted by Gasteiger charge is -2.33. The SMILES string of the molecule is CC(C)C(C)(C#N)NC(=O)CN1CCC(C(=O)c2ccc3c(c2)OCCO3)CC1. The highest BCUT2D eigenvalue weighted by molar-refractivity contribution is 5.98. The van der Waals surface area contributed by atoms with E-state index in [0.717, 1.165) is 0 Å². The molecule has 1 saturated heterocycles. The van der Waals surface area contributed by atoms with E-state index in [9.17, 15) is 14.9 Å². The van der Waals surface area contributed by atoms with Crippen molar-refractivity contribution in [3.8, 4) is 17.6 Å². The maximum absolute atomic E-state index is 12.9. The predicted octanol–water partition coefficient (Wildman–Crippen LogP) is 2.41. The van der Waals surface area contributed by atoms with Crippen molar-refractivity contribution < 1.29 is 19.1 Å². The molecule has 7 nitrogen and oxygen atoms in total. The van der Waals surface area contributed by atoms with Crippen molar-refractivity contribution in [1.82, 2.24) is 10.2 Å². The number of benzene rings is 1. The van der Waals surface area contributed by atoms with Crippen molar-refractivity contribution in [2.24, 2.45) is 11.8 Å². The number of likely N-dealkylation sites (tertiary alicyclic amines) is 1. The fraction of sp³-hybridized carbons (Fsp3) is 0.591. The minimum atomic E-state index is -0.871. The molecule has 0 aromatic heterocycles. The molecule has 1 aromatic rings. The lowest BCUT2D eigenvalue weighted by atomic mass is 9.88. The topological polar surface area (TPSA) is 91.7 Å². The van der Waals surface area contributed by atoms with Crippen LogP contribution in [0.15, 0.2) is 18.2 Å². The first-order valence-electron chi connectivity index (χ1n) is 10.2. The van der Waals surface area contributed by atoms with Crippen LogP contribution in [0.5, 0.6) is 11.5 Å². The summed E-state index contributed by atoms with van der Waals surface area (Å²) < 4.78 is 11.1. The van der Waals surface area contributed by atoms with E-state index in [1.165, 1.54) is 0 Å². The molecule has 0 bridgehead atoms. The summed E-state index contributed by atoms with van der Waals surface area (Å²) in [6.45, 7) is 8.20. The Hall–Kier alpha value is -2.59. The molecule has 2 heterocycles. The van der Waals surface area contributed by atoms with Crippen LogP contribution >= 0.6 is 0 Å². The standard InChI is InChI=1S/C22H29N3O4/c1-15(2)22(3,14-23)24-20(26)13-25-8-6-16(7-9-25)21(27)17-4-5-18-19(12-17)29-11-10-28-18/h4-5,12,15-16H,6-11,13H2,1-3H3,(H,24,26). The van der Waals surface area contributed by atoms with Crippen molar-refractivity contribution in [3.05, 3.63) is 23.8 Å². The van der Waals surface area contributed by atoms with Gasteiger partial charge in [-0.15, -0.1) is 0 Å². The Labute approximate surface area is 172 Å². The number of nitriles is 1. The first-order valence-corrected chi connectivity index (χ1v) is 10.2. The van der Waals surface area contributed by atoms with E-state index >= 15 is 0 Å². The molecule has 0 aliphatic carbocycles. The van der Waals surface area contributed by atoms with E-state index < -0.39 is 5.54 Å². The van der Waals surface area contributed by atoms with Crippen molar-refractivity contribution in [2.45, 2.75) is 39.2 Å². The number of hydrogen-bond donors (Lipinski definition) is 1. The Bertz CT molecular complexity index is 809. The van der Waals surface area contributed by atoms with Crippen LogP contribution in [0.25, 0.3) is 0 Å². The molecule has 2 aliphatic heterocycles.